The van der Waals surface area contributed by atoms with Crippen LogP contribution in [0.15, 0.2) is 91.0 Å². The van der Waals surface area contributed by atoms with Gasteiger partial charge in [-0.2, -0.15) is 0 Å². The maximum Gasteiger partial charge on any atom is 0.316 e. The molecular formula is C78H100F5N5O12. The monoisotopic (exact) mass is 1400 g/mol. The Labute approximate surface area is 586 Å². The van der Waals surface area contributed by atoms with Gasteiger partial charge in [-0.25, -0.2) is 32.9 Å². The number of ketones is 2. The number of halogens is 5. The number of rotatable bonds is 13. The highest BCUT2D eigenvalue weighted by Crippen LogP contribution is 2.50. The van der Waals surface area contributed by atoms with E-state index in [-0.39, 0.29) is 61.9 Å². The third-order valence-electron chi connectivity index (χ3n) is 23.5. The third-order valence-corrected chi connectivity index (χ3v) is 23.5. The van der Waals surface area contributed by atoms with Crippen molar-refractivity contribution in [1.82, 2.24) is 25.7 Å². The summed E-state index contributed by atoms with van der Waals surface area (Å²) in [5, 5.41) is 37.7. The van der Waals surface area contributed by atoms with E-state index in [0.29, 0.717) is 125 Å². The lowest BCUT2D eigenvalue weighted by Gasteiger charge is -2.31. The number of carboxylic acids is 2. The van der Waals surface area contributed by atoms with E-state index < -0.39 is 62.6 Å². The van der Waals surface area contributed by atoms with Crippen LogP contribution in [0, 0.1) is 63.7 Å². The quantitative estimate of drug-likeness (QED) is 0.0278. The summed E-state index contributed by atoms with van der Waals surface area (Å²) in [6.07, 6.45) is 15.0. The molecular weight excluding hydrogens is 1290 g/mol. The molecule has 13 rings (SSSR count). The van der Waals surface area contributed by atoms with Gasteiger partial charge in [0.2, 0.25) is 0 Å². The molecule has 0 aromatic heterocycles. The van der Waals surface area contributed by atoms with Crippen molar-refractivity contribution in [1.29, 1.82) is 0 Å². The number of carboxylic acid groups (broad SMARTS) is 2. The number of hydroxylamine groups is 2. The maximum absolute atomic E-state index is 14.0. The van der Waals surface area contributed by atoms with E-state index in [1.54, 1.807) is 77.1 Å². The second-order valence-corrected chi connectivity index (χ2v) is 28.8. The van der Waals surface area contributed by atoms with Crippen molar-refractivity contribution >= 4 is 41.3 Å². The molecule has 8 aliphatic rings. The van der Waals surface area contributed by atoms with Crippen LogP contribution in [-0.2, 0) is 65.4 Å². The summed E-state index contributed by atoms with van der Waals surface area (Å²) < 4.78 is 83.7. The molecule has 3 saturated heterocycles. The number of nitrogens with one attached hydrogen (secondary N) is 2. The summed E-state index contributed by atoms with van der Waals surface area (Å²) in [6, 6.07) is 24.6. The highest BCUT2D eigenvalue weighted by Gasteiger charge is 2.54. The van der Waals surface area contributed by atoms with Crippen LogP contribution in [0.25, 0.3) is 0 Å². The summed E-state index contributed by atoms with van der Waals surface area (Å²) >= 11 is 0. The number of methoxy groups -OCH3 is 1. The molecule has 6 N–H and O–H groups in total. The minimum absolute atomic E-state index is 0. The molecule has 22 heteroatoms. The molecule has 5 aromatic carbocycles. The number of hydrogen-bond acceptors (Lipinski definition) is 13. The van der Waals surface area contributed by atoms with E-state index in [2.05, 4.69) is 14.7 Å². The van der Waals surface area contributed by atoms with Crippen molar-refractivity contribution in [3.8, 4) is 0 Å². The van der Waals surface area contributed by atoms with Gasteiger partial charge in [-0.3, -0.25) is 44.0 Å². The first-order valence-corrected chi connectivity index (χ1v) is 35.2. The van der Waals surface area contributed by atoms with Gasteiger partial charge in [0, 0.05) is 48.2 Å². The fraction of sp³-hybridized carbons (Fsp3) is 0.526. The van der Waals surface area contributed by atoms with Crippen LogP contribution >= 0.6 is 0 Å². The maximum atomic E-state index is 14.0. The molecule has 5 aliphatic carbocycles. The Kier molecular flexibility index (Phi) is 24.3. The largest absolute Gasteiger partial charge is 0.481 e. The lowest BCUT2D eigenvalue weighted by molar-refractivity contribution is -0.148. The van der Waals surface area contributed by atoms with Crippen molar-refractivity contribution in [3.05, 3.63) is 176 Å². The molecule has 8 fully saturated rings. The Morgan fingerprint density at radius 3 is 0.960 bits per heavy atom. The van der Waals surface area contributed by atoms with Gasteiger partial charge in [-0.05, 0) is 269 Å². The molecule has 1 unspecified atom stereocenters. The second-order valence-electron chi connectivity index (χ2n) is 28.8. The molecule has 0 spiro atoms. The van der Waals surface area contributed by atoms with E-state index in [1.165, 1.54) is 82.0 Å². The van der Waals surface area contributed by atoms with E-state index in [1.807, 2.05) is 23.1 Å². The van der Waals surface area contributed by atoms with Crippen LogP contribution < -0.4 is 11.0 Å². The molecule has 3 heterocycles. The predicted molar refractivity (Wildman–Crippen MR) is 369 cm³/mol. The molecule has 2 amide bonds. The molecule has 544 valence electrons. The zero-order valence-electron chi connectivity index (χ0n) is 60.3. The fourth-order valence-electron chi connectivity index (χ4n) is 17.8. The summed E-state index contributed by atoms with van der Waals surface area (Å²) in [4.78, 5) is 90.6. The van der Waals surface area contributed by atoms with Gasteiger partial charge in [0.25, 0.3) is 11.8 Å². The van der Waals surface area contributed by atoms with E-state index in [4.69, 9.17) is 7.71 Å². The Morgan fingerprint density at radius 2 is 0.690 bits per heavy atom. The number of ether oxygens (including phenoxy) is 1. The standard InChI is InChI=1S/2C17H23FN2O2.C17H22FNO2.C14H15FO3.C13H13FO3.2H2/c2*1-12-14(5-4-6-15(12)18)17(16(21)19-22)8-7-13(11-17)20-9-2-3-10-20;1-12-14(5-4-6-15(12)18)17(16(20)21)8-7-13(11-17)19-9-2-3-10-19;1-9-11(4-3-5-12(9)15)14(13(17)18-2)7-6-10(16)8-14;1-8-10(3-2-4-11(8)14)13(12(16)17)6-5-9(15)7-13;;/h2*4-6,13,22H,2-3,7-11H2,1H3,(H,19,21);4-6,13H,2-3,7-11H2,1H3,(H,20,21);3-5H,6-8H2,1-2H3;2-4H,5-7H2,1H3,(H,16,17);2*1H/t13-,17+;13-,17-;13?,17-;14-;13-;;/m10000../s1/i;;;;;1+1D;1+1. The minimum atomic E-state index is -1.23. The molecule has 5 saturated carbocycles. The number of Topliss-reactive ketones (excluding diaryl/α,β-unsaturated/α-hetero) is 2. The van der Waals surface area contributed by atoms with Gasteiger partial charge in [-0.1, -0.05) is 60.7 Å². The normalized spacial score (nSPS) is 27.4. The second kappa shape index (κ2) is 32.5. The van der Waals surface area contributed by atoms with Gasteiger partial charge in [0.1, 0.15) is 51.5 Å². The van der Waals surface area contributed by atoms with E-state index in [0.717, 1.165) is 58.5 Å². The summed E-state index contributed by atoms with van der Waals surface area (Å²) in [7, 11) is 1.29. The molecule has 8 atom stereocenters. The molecule has 3 aliphatic heterocycles. The van der Waals surface area contributed by atoms with Crippen molar-refractivity contribution in [2.75, 3.05) is 46.4 Å². The first-order valence-electron chi connectivity index (χ1n) is 36.2. The number of carbonyl (C=O) groups excluding carboxylic acids is 5. The molecule has 5 aromatic rings. The SMILES string of the molecule is COC(=O)[C@@]1(c2cccc(F)c2C)CCC(=O)C1.Cc1c(F)cccc1[C@]1(C(=O)NO)CC[C@@H](N2CCCC2)C1.Cc1c(F)cccc1[C@]1(C(=O)NO)CC[C@H](N2CCCC2)C1.Cc1c(F)cccc1[C@]1(C(=O)O)CCC(=O)C1.Cc1c(F)cccc1[C@]1(C(=O)O)CCC(N2CCCC2)C1.[2HH].[2H][2H]. The average Bonchev–Trinajstić information content (AvgIpc) is 1.62. The lowest BCUT2D eigenvalue weighted by atomic mass is 9.75. The Hall–Kier alpha value is -7.76. The highest BCUT2D eigenvalue weighted by molar-refractivity contribution is 5.96. The first-order chi connectivity index (χ1) is 48.7. The van der Waals surface area contributed by atoms with Gasteiger partial charge in [0.15, 0.2) is 0 Å². The van der Waals surface area contributed by atoms with Crippen LogP contribution in [-0.4, -0.2) is 141 Å². The zero-order chi connectivity index (χ0) is 74.5. The van der Waals surface area contributed by atoms with E-state index in [9.17, 15) is 76.1 Å². The lowest BCUT2D eigenvalue weighted by Crippen LogP contribution is -2.43. The summed E-state index contributed by atoms with van der Waals surface area (Å²) in [5.41, 5.74) is 4.17. The van der Waals surface area contributed by atoms with Crippen molar-refractivity contribution in [2.45, 2.75) is 215 Å². The molecule has 17 nitrogen and oxygen atoms in total. The molecule has 0 radical (unpaired) electrons. The number of hydrogen-bond donors (Lipinski definition) is 6. The van der Waals surface area contributed by atoms with Gasteiger partial charge < -0.3 is 29.6 Å². The Balaban J connectivity index is 0.000000179. The Bertz CT molecular complexity index is 3760. The highest BCUT2D eigenvalue weighted by atomic mass is 19.1. The van der Waals surface area contributed by atoms with Crippen LogP contribution in [0.1, 0.15) is 195 Å². The number of nitrogens with zero attached hydrogens (tertiary/aromatic N) is 3. The number of carbonyl (C=O) groups is 7. The van der Waals surface area contributed by atoms with Gasteiger partial charge in [-0.15, -0.1) is 0 Å². The summed E-state index contributed by atoms with van der Waals surface area (Å²) in [5.74, 6) is -4.89. The first kappa shape index (κ1) is 74.9. The third kappa shape index (κ3) is 15.4. The van der Waals surface area contributed by atoms with Gasteiger partial charge >= 0.3 is 17.9 Å². The van der Waals surface area contributed by atoms with E-state index >= 15 is 0 Å². The number of esters is 1. The number of amides is 2. The van der Waals surface area contributed by atoms with Crippen LogP contribution in [0.3, 0.4) is 0 Å². The fourth-order valence-corrected chi connectivity index (χ4v) is 17.8. The van der Waals surface area contributed by atoms with Crippen molar-refractivity contribution in [2.24, 2.45) is 0 Å². The number of aliphatic carboxylic acids is 2. The van der Waals surface area contributed by atoms with Crippen LogP contribution in [0.4, 0.5) is 22.0 Å². The smallest absolute Gasteiger partial charge is 0.316 e. The predicted octanol–water partition coefficient (Wildman–Crippen LogP) is 13.2. The minimum Gasteiger partial charge on any atom is -0.481 e. The topological polar surface area (TPSA) is 243 Å². The van der Waals surface area contributed by atoms with Crippen molar-refractivity contribution in [3.63, 3.8) is 0 Å². The molecule has 0 bridgehead atoms. The van der Waals surface area contributed by atoms with Crippen molar-refractivity contribution < 1.29 is 85.3 Å². The van der Waals surface area contributed by atoms with Gasteiger partial charge in [0.05, 0.1) is 23.4 Å². The van der Waals surface area contributed by atoms with Crippen LogP contribution in [0.5, 0.6) is 0 Å². The number of likely N-dealkylation sites (tertiary alicyclic amines) is 3. The average molecular weight is 1400 g/mol. The Morgan fingerprint density at radius 1 is 0.430 bits per heavy atom. The summed E-state index contributed by atoms with van der Waals surface area (Å²) in [6.45, 7) is 14.7. The zero-order valence-corrected chi connectivity index (χ0v) is 58.3. The number of benzene rings is 5. The van der Waals surface area contributed by atoms with Crippen LogP contribution in [0.2, 0.25) is 0 Å². The molecule has 100 heavy (non-hydrogen) atoms.